The van der Waals surface area contributed by atoms with Gasteiger partial charge in [0, 0.05) is 41.1 Å². The van der Waals surface area contributed by atoms with E-state index in [-0.39, 0.29) is 5.82 Å². The summed E-state index contributed by atoms with van der Waals surface area (Å²) >= 11 is 18.3. The summed E-state index contributed by atoms with van der Waals surface area (Å²) in [6.07, 6.45) is 2.81. The van der Waals surface area contributed by atoms with E-state index in [0.717, 1.165) is 23.4 Å². The Morgan fingerprint density at radius 1 is 1.03 bits per heavy atom. The fourth-order valence-corrected chi connectivity index (χ4v) is 4.55. The van der Waals surface area contributed by atoms with Gasteiger partial charge >= 0.3 is 0 Å². The van der Waals surface area contributed by atoms with E-state index >= 15 is 0 Å². The van der Waals surface area contributed by atoms with Crippen LogP contribution in [0.3, 0.4) is 0 Å². The molecule has 0 radical (unpaired) electrons. The number of hydrogen-bond acceptors (Lipinski definition) is 2. The number of halogens is 3. The molecule has 4 aromatic rings. The standard InChI is InChI=1S/C28H26Cl2FN3OS/c1-35-27-16-22(29)10-12-26(27)32-28(36)34(15-13-20-6-3-2-4-7-20)19-24-8-5-14-33(24)18-21-9-11-23(31)17-25(21)30/h2-12,14,16-17H,13,15,18-19H2,1H3,(H,32,36). The maximum absolute atomic E-state index is 13.5. The third kappa shape index (κ3) is 6.78. The molecular formula is C28H26Cl2FN3OS. The molecule has 4 nitrogen and oxygen atoms in total. The summed E-state index contributed by atoms with van der Waals surface area (Å²) in [6, 6.07) is 24.2. The van der Waals surface area contributed by atoms with Crippen LogP contribution in [-0.2, 0) is 19.5 Å². The zero-order valence-corrected chi connectivity index (χ0v) is 22.1. The van der Waals surface area contributed by atoms with Crippen molar-refractivity contribution in [3.63, 3.8) is 0 Å². The number of nitrogens with one attached hydrogen (secondary N) is 1. The maximum Gasteiger partial charge on any atom is 0.173 e. The van der Waals surface area contributed by atoms with Gasteiger partial charge in [0.1, 0.15) is 11.6 Å². The highest BCUT2D eigenvalue weighted by molar-refractivity contribution is 7.80. The molecule has 0 saturated carbocycles. The highest BCUT2D eigenvalue weighted by Gasteiger charge is 2.16. The van der Waals surface area contributed by atoms with Gasteiger partial charge in [-0.05, 0) is 66.2 Å². The van der Waals surface area contributed by atoms with E-state index in [1.54, 1.807) is 25.3 Å². The van der Waals surface area contributed by atoms with Crippen LogP contribution >= 0.6 is 35.4 Å². The molecule has 0 spiro atoms. The monoisotopic (exact) mass is 541 g/mol. The molecular weight excluding hydrogens is 516 g/mol. The largest absolute Gasteiger partial charge is 0.495 e. The van der Waals surface area contributed by atoms with Crippen LogP contribution in [0.15, 0.2) is 85.1 Å². The molecule has 36 heavy (non-hydrogen) atoms. The summed E-state index contributed by atoms with van der Waals surface area (Å²) in [7, 11) is 1.60. The van der Waals surface area contributed by atoms with Gasteiger partial charge in [-0.3, -0.25) is 0 Å². The van der Waals surface area contributed by atoms with Crippen molar-refractivity contribution >= 4 is 46.2 Å². The van der Waals surface area contributed by atoms with E-state index in [2.05, 4.69) is 33.0 Å². The summed E-state index contributed by atoms with van der Waals surface area (Å²) < 4.78 is 21.1. The van der Waals surface area contributed by atoms with Crippen molar-refractivity contribution in [2.75, 3.05) is 19.0 Å². The average molecular weight is 543 g/mol. The molecule has 1 N–H and O–H groups in total. The summed E-state index contributed by atoms with van der Waals surface area (Å²) in [5.74, 6) is 0.264. The number of ether oxygens (including phenoxy) is 1. The van der Waals surface area contributed by atoms with Gasteiger partial charge in [0.15, 0.2) is 5.11 Å². The zero-order chi connectivity index (χ0) is 25.5. The molecule has 0 atom stereocenters. The first-order valence-corrected chi connectivity index (χ1v) is 12.6. The van der Waals surface area contributed by atoms with Crippen LogP contribution in [-0.4, -0.2) is 28.2 Å². The summed E-state index contributed by atoms with van der Waals surface area (Å²) in [4.78, 5) is 2.12. The quantitative estimate of drug-likeness (QED) is 0.223. The van der Waals surface area contributed by atoms with Crippen molar-refractivity contribution in [1.29, 1.82) is 0 Å². The summed E-state index contributed by atoms with van der Waals surface area (Å²) in [5, 5.41) is 4.88. The van der Waals surface area contributed by atoms with E-state index in [1.165, 1.54) is 17.7 Å². The van der Waals surface area contributed by atoms with Gasteiger partial charge in [-0.15, -0.1) is 0 Å². The first-order valence-electron chi connectivity index (χ1n) is 11.4. The normalized spacial score (nSPS) is 10.8. The van der Waals surface area contributed by atoms with Crippen LogP contribution in [0.5, 0.6) is 5.75 Å². The number of hydrogen-bond donors (Lipinski definition) is 1. The fraction of sp³-hybridized carbons (Fsp3) is 0.179. The van der Waals surface area contributed by atoms with E-state index < -0.39 is 0 Å². The Bertz CT molecular complexity index is 1330. The van der Waals surface area contributed by atoms with E-state index in [1.807, 2.05) is 36.5 Å². The van der Waals surface area contributed by atoms with Gasteiger partial charge in [0.2, 0.25) is 0 Å². The molecule has 0 aliphatic rings. The smallest absolute Gasteiger partial charge is 0.173 e. The minimum atomic E-state index is -0.349. The predicted molar refractivity (Wildman–Crippen MR) is 150 cm³/mol. The predicted octanol–water partition coefficient (Wildman–Crippen LogP) is 7.43. The first kappa shape index (κ1) is 26.0. The van der Waals surface area contributed by atoms with E-state index in [4.69, 9.17) is 40.2 Å². The number of anilines is 1. The molecule has 0 unspecified atom stereocenters. The van der Waals surface area contributed by atoms with Gasteiger partial charge in [-0.25, -0.2) is 4.39 Å². The van der Waals surface area contributed by atoms with Crippen LogP contribution in [0.4, 0.5) is 10.1 Å². The van der Waals surface area contributed by atoms with Crippen molar-refractivity contribution in [2.24, 2.45) is 0 Å². The Morgan fingerprint density at radius 2 is 1.83 bits per heavy atom. The van der Waals surface area contributed by atoms with Gasteiger partial charge in [-0.1, -0.05) is 59.6 Å². The molecule has 0 fully saturated rings. The maximum atomic E-state index is 13.5. The van der Waals surface area contributed by atoms with Crippen molar-refractivity contribution < 1.29 is 9.13 Å². The third-order valence-electron chi connectivity index (χ3n) is 5.84. The topological polar surface area (TPSA) is 29.4 Å². The Kier molecular flexibility index (Phi) is 8.86. The third-order valence-corrected chi connectivity index (χ3v) is 6.79. The molecule has 8 heteroatoms. The van der Waals surface area contributed by atoms with Crippen LogP contribution in [0, 0.1) is 5.82 Å². The molecule has 3 aromatic carbocycles. The summed E-state index contributed by atoms with van der Waals surface area (Å²) in [5.41, 5.74) is 3.86. The number of nitrogens with zero attached hydrogens (tertiary/aromatic N) is 2. The lowest BCUT2D eigenvalue weighted by atomic mass is 10.1. The Morgan fingerprint density at radius 3 is 2.58 bits per heavy atom. The Hall–Kier alpha value is -3.06. The molecule has 1 aromatic heterocycles. The Labute approximate surface area is 226 Å². The Balaban J connectivity index is 1.55. The van der Waals surface area contributed by atoms with Crippen molar-refractivity contribution in [3.05, 3.63) is 118 Å². The van der Waals surface area contributed by atoms with Gasteiger partial charge in [-0.2, -0.15) is 0 Å². The highest BCUT2D eigenvalue weighted by Crippen LogP contribution is 2.28. The SMILES string of the molecule is COc1cc(Cl)ccc1NC(=S)N(CCc1ccccc1)Cc1cccn1Cc1ccc(F)cc1Cl. The van der Waals surface area contributed by atoms with Gasteiger partial charge < -0.3 is 19.5 Å². The minimum absolute atomic E-state index is 0.349. The van der Waals surface area contributed by atoms with Crippen LogP contribution in [0.2, 0.25) is 10.0 Å². The minimum Gasteiger partial charge on any atom is -0.495 e. The molecule has 186 valence electrons. The first-order chi connectivity index (χ1) is 17.4. The zero-order valence-electron chi connectivity index (χ0n) is 19.8. The average Bonchev–Trinajstić information content (AvgIpc) is 3.31. The van der Waals surface area contributed by atoms with Crippen molar-refractivity contribution in [2.45, 2.75) is 19.5 Å². The molecule has 0 saturated heterocycles. The second kappa shape index (κ2) is 12.3. The molecule has 0 aliphatic carbocycles. The van der Waals surface area contributed by atoms with Crippen LogP contribution in [0.25, 0.3) is 0 Å². The van der Waals surface area contributed by atoms with Crippen molar-refractivity contribution in [3.8, 4) is 5.75 Å². The number of methoxy groups -OCH3 is 1. The van der Waals surface area contributed by atoms with Crippen molar-refractivity contribution in [1.82, 2.24) is 9.47 Å². The number of rotatable bonds is 9. The van der Waals surface area contributed by atoms with E-state index in [0.29, 0.717) is 40.5 Å². The number of benzene rings is 3. The number of aromatic nitrogens is 1. The molecule has 0 amide bonds. The second-order valence-corrected chi connectivity index (χ2v) is 9.53. The van der Waals surface area contributed by atoms with Gasteiger partial charge in [0.25, 0.3) is 0 Å². The fourth-order valence-electron chi connectivity index (χ4n) is 3.90. The van der Waals surface area contributed by atoms with E-state index in [9.17, 15) is 4.39 Å². The summed E-state index contributed by atoms with van der Waals surface area (Å²) in [6.45, 7) is 1.80. The van der Waals surface area contributed by atoms with Gasteiger partial charge in [0.05, 0.1) is 19.3 Å². The molecule has 0 aliphatic heterocycles. The van der Waals surface area contributed by atoms with Crippen LogP contribution < -0.4 is 10.1 Å². The number of thiocarbonyl (C=S) groups is 1. The lowest BCUT2D eigenvalue weighted by molar-refractivity contribution is 0.407. The molecule has 1 heterocycles. The molecule has 4 rings (SSSR count). The highest BCUT2D eigenvalue weighted by atomic mass is 35.5. The second-order valence-electron chi connectivity index (χ2n) is 8.30. The lowest BCUT2D eigenvalue weighted by Gasteiger charge is -2.27. The van der Waals surface area contributed by atoms with Crippen LogP contribution in [0.1, 0.15) is 16.8 Å². The lowest BCUT2D eigenvalue weighted by Crippen LogP contribution is -2.36. The molecule has 0 bridgehead atoms.